The van der Waals surface area contributed by atoms with Crippen LogP contribution in [0.3, 0.4) is 0 Å². The Hall–Kier alpha value is -1.17. The van der Waals surface area contributed by atoms with Crippen LogP contribution in [0.15, 0.2) is 24.3 Å². The summed E-state index contributed by atoms with van der Waals surface area (Å²) in [6.45, 7) is -0.322. The van der Waals surface area contributed by atoms with E-state index in [2.05, 4.69) is 4.74 Å². The third-order valence-electron chi connectivity index (χ3n) is 2.67. The zero-order valence-corrected chi connectivity index (χ0v) is 13.7. The second kappa shape index (κ2) is 7.38. The number of carbonyl (C=O) groups excluding carboxylic acids is 1. The number of urea groups is 1. The van der Waals surface area contributed by atoms with E-state index in [0.29, 0.717) is 11.9 Å². The molecule has 24 heavy (non-hydrogen) atoms. The zero-order valence-electron chi connectivity index (χ0n) is 11.4. The Morgan fingerprint density at radius 3 is 2.54 bits per heavy atom. The minimum atomic E-state index is -5.20. The molecule has 0 radical (unpaired) electrons. The van der Waals surface area contributed by atoms with Crippen molar-refractivity contribution in [2.75, 3.05) is 11.6 Å². The maximum absolute atomic E-state index is 13.7. The van der Waals surface area contributed by atoms with Crippen molar-refractivity contribution in [3.8, 4) is 5.75 Å². The maximum Gasteiger partial charge on any atom is 0.457 e. The fourth-order valence-electron chi connectivity index (χ4n) is 1.70. The van der Waals surface area contributed by atoms with Gasteiger partial charge in [-0.1, -0.05) is 39.0 Å². The Bertz CT molecular complexity index is 609. The number of hydrazine groups is 1. The topological polar surface area (TPSA) is 36.0 Å². The highest BCUT2D eigenvalue weighted by atomic mass is 35.5. The Kier molecular flexibility index (Phi) is 5.89. The lowest BCUT2D eigenvalue weighted by Crippen LogP contribution is -2.30. The maximum atomic E-state index is 13.7. The molecule has 5 nitrogen and oxygen atoms in total. The summed E-state index contributed by atoms with van der Waals surface area (Å²) in [5.74, 6) is -0.478. The monoisotopic (exact) mass is 411 g/mol. The number of ether oxygens (including phenoxy) is 1. The molecule has 1 aliphatic rings. The third-order valence-corrected chi connectivity index (χ3v) is 3.81. The van der Waals surface area contributed by atoms with Gasteiger partial charge in [-0.2, -0.15) is 17.6 Å². The lowest BCUT2D eigenvalue weighted by molar-refractivity contribution is -0.236. The summed E-state index contributed by atoms with van der Waals surface area (Å²) in [5.41, 5.74) is -0.00156. The van der Waals surface area contributed by atoms with Gasteiger partial charge in [0, 0.05) is 6.07 Å². The summed E-state index contributed by atoms with van der Waals surface area (Å²) in [5, 5.41) is -0.260. The number of carbonyl (C=O) groups is 1. The molecule has 1 unspecified atom stereocenters. The number of benzene rings is 1. The number of rotatable bonds is 5. The minimum absolute atomic E-state index is 0.00156. The molecule has 1 aliphatic heterocycles. The molecule has 1 aromatic rings. The van der Waals surface area contributed by atoms with Gasteiger partial charge < -0.3 is 4.74 Å². The van der Waals surface area contributed by atoms with Gasteiger partial charge in [0.15, 0.2) is 4.17 Å². The minimum Gasteiger partial charge on any atom is -0.452 e. The average Bonchev–Trinajstić information content (AvgIpc) is 2.74. The first-order valence-electron chi connectivity index (χ1n) is 6.07. The number of amides is 2. The summed E-state index contributed by atoms with van der Waals surface area (Å²) >= 11 is 11.6. The quantitative estimate of drug-likeness (QED) is 0.306. The fraction of sp³-hybridized carbons (Fsp3) is 0.364. The van der Waals surface area contributed by atoms with E-state index in [9.17, 15) is 26.8 Å². The van der Waals surface area contributed by atoms with Gasteiger partial charge in [-0.3, -0.25) is 4.90 Å². The van der Waals surface area contributed by atoms with Gasteiger partial charge in [0.25, 0.3) is 0 Å². The van der Waals surface area contributed by atoms with Crippen LogP contribution in [0.2, 0.25) is 0 Å². The second-order valence-electron chi connectivity index (χ2n) is 4.30. The van der Waals surface area contributed by atoms with Crippen molar-refractivity contribution < 1.29 is 31.6 Å². The van der Waals surface area contributed by atoms with E-state index in [1.54, 1.807) is 0 Å². The van der Waals surface area contributed by atoms with Crippen molar-refractivity contribution in [2.45, 2.75) is 16.7 Å². The van der Waals surface area contributed by atoms with Gasteiger partial charge in [-0.15, -0.1) is 4.41 Å². The highest BCUT2D eigenvalue weighted by Gasteiger charge is 2.43. The van der Waals surface area contributed by atoms with E-state index in [1.807, 2.05) is 0 Å². The Labute approximate surface area is 146 Å². The number of nitrogens with zero attached hydrogens (tertiary/aromatic N) is 3. The van der Waals surface area contributed by atoms with Gasteiger partial charge in [0.05, 0.1) is 5.69 Å². The van der Waals surface area contributed by atoms with E-state index >= 15 is 0 Å². The predicted molar refractivity (Wildman–Crippen MR) is 78.6 cm³/mol. The van der Waals surface area contributed by atoms with Crippen LogP contribution in [0.1, 0.15) is 0 Å². The van der Waals surface area contributed by atoms with Crippen LogP contribution in [0.4, 0.5) is 32.5 Å². The Morgan fingerprint density at radius 1 is 1.29 bits per heavy atom. The van der Waals surface area contributed by atoms with Crippen molar-refractivity contribution in [2.24, 2.45) is 0 Å². The van der Waals surface area contributed by atoms with Crippen molar-refractivity contribution in [1.82, 2.24) is 9.65 Å². The van der Waals surface area contributed by atoms with Gasteiger partial charge in [0.2, 0.25) is 0 Å². The highest BCUT2D eigenvalue weighted by molar-refractivity contribution is 8.00. The molecule has 2 rings (SSSR count). The van der Waals surface area contributed by atoms with Gasteiger partial charge >= 0.3 is 18.6 Å². The van der Waals surface area contributed by atoms with Gasteiger partial charge in [-0.25, -0.2) is 4.79 Å². The SMILES string of the molecule is O=C1N(c2cccc(OC(F)C(F)(F)F)c2)CN(SC(Cl)Cl)N1F. The molecular weight excluding hydrogens is 404 g/mol. The van der Waals surface area contributed by atoms with Crippen LogP contribution < -0.4 is 9.64 Å². The first-order valence-corrected chi connectivity index (χ1v) is 7.78. The second-order valence-corrected chi connectivity index (χ2v) is 7.02. The fourth-order valence-corrected chi connectivity index (χ4v) is 2.77. The standard InChI is InChI=1S/C11H8Cl2F5N3O2S/c12-9(13)24-20-5-19(10(22)21(20)18)6-2-1-3-7(4-6)23-8(14)11(15,16)17/h1-4,8-9H,5H2. The molecule has 0 aliphatic carbocycles. The van der Waals surface area contributed by atoms with Crippen molar-refractivity contribution in [1.29, 1.82) is 0 Å². The van der Waals surface area contributed by atoms with Crippen LogP contribution >= 0.6 is 35.1 Å². The number of hydrogen-bond donors (Lipinski definition) is 0. The number of hydrogen-bond acceptors (Lipinski definition) is 4. The molecule has 0 aromatic heterocycles. The van der Waals surface area contributed by atoms with E-state index in [4.69, 9.17) is 23.2 Å². The lowest BCUT2D eigenvalue weighted by atomic mass is 10.3. The normalized spacial score (nSPS) is 17.8. The summed E-state index contributed by atoms with van der Waals surface area (Å²) in [4.78, 5) is 12.7. The first-order chi connectivity index (χ1) is 11.1. The predicted octanol–water partition coefficient (Wildman–Crippen LogP) is 4.63. The smallest absolute Gasteiger partial charge is 0.452 e. The molecule has 13 heteroatoms. The van der Waals surface area contributed by atoms with Gasteiger partial charge in [-0.05, 0) is 24.1 Å². The summed E-state index contributed by atoms with van der Waals surface area (Å²) in [6, 6.07) is 3.45. The molecule has 0 N–H and O–H groups in total. The molecule has 0 saturated carbocycles. The van der Waals surface area contributed by atoms with E-state index in [0.717, 1.165) is 21.4 Å². The van der Waals surface area contributed by atoms with Crippen molar-refractivity contribution in [3.05, 3.63) is 24.3 Å². The van der Waals surface area contributed by atoms with Crippen LogP contribution in [0.25, 0.3) is 0 Å². The molecular formula is C11H8Cl2F5N3O2S. The highest BCUT2D eigenvalue weighted by Crippen LogP contribution is 2.34. The number of halogens is 7. The van der Waals surface area contributed by atoms with Crippen LogP contribution in [-0.2, 0) is 0 Å². The number of alkyl halides is 6. The molecule has 2 amide bonds. The van der Waals surface area contributed by atoms with E-state index < -0.39 is 28.5 Å². The van der Waals surface area contributed by atoms with Crippen LogP contribution in [0, 0.1) is 0 Å². The molecule has 1 aromatic carbocycles. The number of anilines is 1. The third kappa shape index (κ3) is 4.47. The molecule has 0 spiro atoms. The van der Waals surface area contributed by atoms with Crippen LogP contribution in [0.5, 0.6) is 5.75 Å². The largest absolute Gasteiger partial charge is 0.457 e. The van der Waals surface area contributed by atoms with E-state index in [1.165, 1.54) is 12.1 Å². The summed E-state index contributed by atoms with van der Waals surface area (Å²) in [6.07, 6.45) is -8.72. The molecule has 134 valence electrons. The van der Waals surface area contributed by atoms with Crippen molar-refractivity contribution >= 4 is 46.9 Å². The molecule has 0 bridgehead atoms. The van der Waals surface area contributed by atoms with Gasteiger partial charge in [0.1, 0.15) is 12.4 Å². The zero-order chi connectivity index (χ0) is 18.1. The molecule has 1 heterocycles. The molecule has 1 saturated heterocycles. The average molecular weight is 412 g/mol. The summed E-state index contributed by atoms with van der Waals surface area (Å²) in [7, 11) is 0. The van der Waals surface area contributed by atoms with E-state index in [-0.39, 0.29) is 17.6 Å². The summed E-state index contributed by atoms with van der Waals surface area (Å²) < 4.78 is 67.0. The van der Waals surface area contributed by atoms with Crippen LogP contribution in [-0.4, -0.2) is 39.0 Å². The lowest BCUT2D eigenvalue weighted by Gasteiger charge is -2.17. The Balaban J connectivity index is 2.15. The first kappa shape index (κ1) is 19.2. The Morgan fingerprint density at radius 2 is 1.96 bits per heavy atom. The molecule has 1 fully saturated rings. The van der Waals surface area contributed by atoms with Crippen molar-refractivity contribution in [3.63, 3.8) is 0 Å². The molecule has 1 atom stereocenters.